The van der Waals surface area contributed by atoms with Gasteiger partial charge in [0, 0.05) is 0 Å². The number of alkyl halides is 3. The molecule has 37 heavy (non-hydrogen) atoms. The SMILES string of the molecule is COC(=O)c1ccc(COc2ccc(C=NNC(=S)Nc3cc(C(F)(F)F)ccc3Cl)cc2OC)cc1. The number of hydrogen-bond donors (Lipinski definition) is 2. The molecular formula is C25H21ClF3N3O4S. The zero-order valence-corrected chi connectivity index (χ0v) is 21.1. The van der Waals surface area contributed by atoms with Crippen LogP contribution < -0.4 is 20.2 Å². The topological polar surface area (TPSA) is 81.2 Å². The van der Waals surface area contributed by atoms with E-state index in [1.54, 1.807) is 42.5 Å². The highest BCUT2D eigenvalue weighted by Gasteiger charge is 2.31. The lowest BCUT2D eigenvalue weighted by Gasteiger charge is -2.13. The van der Waals surface area contributed by atoms with Gasteiger partial charge in [-0.3, -0.25) is 5.43 Å². The van der Waals surface area contributed by atoms with Crippen LogP contribution in [0.2, 0.25) is 5.02 Å². The zero-order valence-electron chi connectivity index (χ0n) is 19.6. The van der Waals surface area contributed by atoms with Gasteiger partial charge >= 0.3 is 12.1 Å². The Morgan fingerprint density at radius 1 is 1.05 bits per heavy atom. The van der Waals surface area contributed by atoms with E-state index in [9.17, 15) is 18.0 Å². The Kier molecular flexibility index (Phi) is 9.31. The summed E-state index contributed by atoms with van der Waals surface area (Å²) < 4.78 is 54.7. The van der Waals surface area contributed by atoms with E-state index in [0.29, 0.717) is 22.6 Å². The molecule has 0 atom stereocenters. The number of halogens is 4. The van der Waals surface area contributed by atoms with Crippen LogP contribution in [0.5, 0.6) is 11.5 Å². The molecule has 0 aromatic heterocycles. The molecule has 0 spiro atoms. The number of anilines is 1. The van der Waals surface area contributed by atoms with Crippen molar-refractivity contribution >= 4 is 46.8 Å². The van der Waals surface area contributed by atoms with E-state index in [-0.39, 0.29) is 22.4 Å². The summed E-state index contributed by atoms with van der Waals surface area (Å²) in [6, 6.07) is 14.8. The fourth-order valence-corrected chi connectivity index (χ4v) is 3.34. The smallest absolute Gasteiger partial charge is 0.416 e. The van der Waals surface area contributed by atoms with Gasteiger partial charge in [0.2, 0.25) is 0 Å². The van der Waals surface area contributed by atoms with E-state index in [2.05, 4.69) is 20.6 Å². The van der Waals surface area contributed by atoms with Crippen molar-refractivity contribution in [3.8, 4) is 11.5 Å². The predicted molar refractivity (Wildman–Crippen MR) is 139 cm³/mol. The molecule has 3 rings (SSSR count). The standard InChI is InChI=1S/C25H21ClF3N3O4S/c1-34-22-11-16(5-10-21(22)36-14-15-3-6-17(7-4-15)23(33)35-2)13-30-32-24(37)31-20-12-18(25(27,28)29)8-9-19(20)26/h3-13H,14H2,1-2H3,(H2,31,32,37). The molecule has 0 saturated heterocycles. The van der Waals surface area contributed by atoms with Crippen molar-refractivity contribution in [1.82, 2.24) is 5.43 Å². The summed E-state index contributed by atoms with van der Waals surface area (Å²) >= 11 is 11.0. The molecule has 12 heteroatoms. The molecule has 0 saturated carbocycles. The second kappa shape index (κ2) is 12.4. The van der Waals surface area contributed by atoms with E-state index < -0.39 is 17.7 Å². The first kappa shape index (κ1) is 27.8. The molecule has 0 heterocycles. The van der Waals surface area contributed by atoms with Crippen molar-refractivity contribution in [2.24, 2.45) is 5.10 Å². The van der Waals surface area contributed by atoms with E-state index in [1.165, 1.54) is 20.4 Å². The molecule has 0 bridgehead atoms. The van der Waals surface area contributed by atoms with Crippen LogP contribution in [0.15, 0.2) is 65.8 Å². The van der Waals surface area contributed by atoms with Crippen LogP contribution in [0.1, 0.15) is 27.0 Å². The quantitative estimate of drug-likeness (QED) is 0.153. The Bertz CT molecular complexity index is 1300. The van der Waals surface area contributed by atoms with Crippen LogP contribution in [-0.4, -0.2) is 31.5 Å². The summed E-state index contributed by atoms with van der Waals surface area (Å²) in [7, 11) is 2.81. The Morgan fingerprint density at radius 2 is 1.78 bits per heavy atom. The van der Waals surface area contributed by atoms with Gasteiger partial charge in [-0.1, -0.05) is 23.7 Å². The number of nitrogens with one attached hydrogen (secondary N) is 2. The van der Waals surface area contributed by atoms with Crippen molar-refractivity contribution in [1.29, 1.82) is 0 Å². The van der Waals surface area contributed by atoms with E-state index in [4.69, 9.17) is 33.3 Å². The normalized spacial score (nSPS) is 11.2. The fraction of sp³-hybridized carbons (Fsp3) is 0.160. The number of rotatable bonds is 8. The fourth-order valence-electron chi connectivity index (χ4n) is 3.01. The Labute approximate surface area is 221 Å². The minimum Gasteiger partial charge on any atom is -0.493 e. The molecule has 0 amide bonds. The Morgan fingerprint density at radius 3 is 2.43 bits per heavy atom. The molecule has 3 aromatic rings. The highest BCUT2D eigenvalue weighted by Crippen LogP contribution is 2.34. The Hall–Kier alpha value is -3.83. The average Bonchev–Trinajstić information content (AvgIpc) is 2.88. The number of hydrazone groups is 1. The number of carbonyl (C=O) groups is 1. The lowest BCUT2D eigenvalue weighted by Crippen LogP contribution is -2.24. The van der Waals surface area contributed by atoms with Gasteiger partial charge in [0.05, 0.1) is 42.3 Å². The number of thiocarbonyl (C=S) groups is 1. The number of benzene rings is 3. The van der Waals surface area contributed by atoms with Crippen molar-refractivity contribution in [2.45, 2.75) is 12.8 Å². The molecule has 0 unspecified atom stereocenters. The molecule has 0 aliphatic heterocycles. The number of ether oxygens (including phenoxy) is 3. The highest BCUT2D eigenvalue weighted by atomic mass is 35.5. The predicted octanol–water partition coefficient (Wildman–Crippen LogP) is 6.05. The summed E-state index contributed by atoms with van der Waals surface area (Å²) in [6.07, 6.45) is -3.07. The molecule has 0 aliphatic rings. The second-order valence-electron chi connectivity index (χ2n) is 7.40. The third-order valence-electron chi connectivity index (χ3n) is 4.88. The third kappa shape index (κ3) is 7.83. The first-order valence-electron chi connectivity index (χ1n) is 10.6. The Balaban J connectivity index is 1.59. The maximum atomic E-state index is 12.9. The molecule has 0 radical (unpaired) electrons. The van der Waals surface area contributed by atoms with Gasteiger partial charge < -0.3 is 19.5 Å². The lowest BCUT2D eigenvalue weighted by atomic mass is 10.1. The van der Waals surface area contributed by atoms with Gasteiger partial charge in [-0.05, 0) is 71.9 Å². The number of nitrogens with zero attached hydrogens (tertiary/aromatic N) is 1. The first-order valence-corrected chi connectivity index (χ1v) is 11.3. The zero-order chi connectivity index (χ0) is 27.0. The summed E-state index contributed by atoms with van der Waals surface area (Å²) in [5, 5.41) is 6.60. The molecule has 194 valence electrons. The molecular weight excluding hydrogens is 531 g/mol. The molecule has 3 aromatic carbocycles. The van der Waals surface area contributed by atoms with Crippen LogP contribution in [0, 0.1) is 0 Å². The molecule has 2 N–H and O–H groups in total. The van der Waals surface area contributed by atoms with Crippen LogP contribution in [0.4, 0.5) is 18.9 Å². The van der Waals surface area contributed by atoms with Gasteiger partial charge in [-0.25, -0.2) is 4.79 Å². The molecule has 7 nitrogen and oxygen atoms in total. The monoisotopic (exact) mass is 551 g/mol. The van der Waals surface area contributed by atoms with Crippen LogP contribution in [-0.2, 0) is 17.5 Å². The molecule has 0 aliphatic carbocycles. The first-order chi connectivity index (χ1) is 17.6. The molecule has 0 fully saturated rings. The van der Waals surface area contributed by atoms with Gasteiger partial charge in [0.15, 0.2) is 16.6 Å². The maximum absolute atomic E-state index is 12.9. The van der Waals surface area contributed by atoms with Gasteiger partial charge in [0.25, 0.3) is 0 Å². The summed E-state index contributed by atoms with van der Waals surface area (Å²) in [5.41, 5.74) is 3.57. The second-order valence-corrected chi connectivity index (χ2v) is 8.22. The van der Waals surface area contributed by atoms with Gasteiger partial charge in [0.1, 0.15) is 6.61 Å². The van der Waals surface area contributed by atoms with E-state index >= 15 is 0 Å². The maximum Gasteiger partial charge on any atom is 0.416 e. The van der Waals surface area contributed by atoms with Crippen LogP contribution >= 0.6 is 23.8 Å². The van der Waals surface area contributed by atoms with Crippen molar-refractivity contribution < 1.29 is 32.2 Å². The third-order valence-corrected chi connectivity index (χ3v) is 5.40. The minimum absolute atomic E-state index is 0.00713. The van der Waals surface area contributed by atoms with E-state index in [1.807, 2.05) is 0 Å². The van der Waals surface area contributed by atoms with Crippen molar-refractivity contribution in [3.63, 3.8) is 0 Å². The van der Waals surface area contributed by atoms with Gasteiger partial charge in [-0.15, -0.1) is 0 Å². The van der Waals surface area contributed by atoms with Crippen LogP contribution in [0.25, 0.3) is 0 Å². The number of hydrogen-bond acceptors (Lipinski definition) is 6. The highest BCUT2D eigenvalue weighted by molar-refractivity contribution is 7.80. The van der Waals surface area contributed by atoms with Crippen molar-refractivity contribution in [3.05, 3.63) is 87.9 Å². The van der Waals surface area contributed by atoms with E-state index in [0.717, 1.165) is 23.8 Å². The lowest BCUT2D eigenvalue weighted by molar-refractivity contribution is -0.137. The van der Waals surface area contributed by atoms with Crippen LogP contribution in [0.3, 0.4) is 0 Å². The number of esters is 1. The largest absolute Gasteiger partial charge is 0.493 e. The number of methoxy groups -OCH3 is 2. The minimum atomic E-state index is -4.52. The summed E-state index contributed by atoms with van der Waals surface area (Å²) in [4.78, 5) is 11.5. The number of carbonyl (C=O) groups excluding carboxylic acids is 1. The van der Waals surface area contributed by atoms with Crippen molar-refractivity contribution in [2.75, 3.05) is 19.5 Å². The summed E-state index contributed by atoms with van der Waals surface area (Å²) in [6.45, 7) is 0.241. The summed E-state index contributed by atoms with van der Waals surface area (Å²) in [5.74, 6) is 0.518. The average molecular weight is 552 g/mol. The van der Waals surface area contributed by atoms with Gasteiger partial charge in [-0.2, -0.15) is 18.3 Å².